The number of rotatable bonds is 18. The number of carbonyl (C=O) groups is 1. The molecule has 3 atom stereocenters. The Hall–Kier alpha value is -6.87. The highest BCUT2D eigenvalue weighted by Gasteiger charge is 2.58. The number of anilines is 2. The summed E-state index contributed by atoms with van der Waals surface area (Å²) in [5.74, 6) is -0.409. The number of fused-ring (bicyclic) bond motifs is 3. The predicted molar refractivity (Wildman–Crippen MR) is 298 cm³/mol. The molecule has 1 amide bonds. The lowest BCUT2D eigenvalue weighted by Gasteiger charge is -2.58. The molecule has 0 radical (unpaired) electrons. The van der Waals surface area contributed by atoms with Crippen molar-refractivity contribution in [2.24, 2.45) is 11.3 Å². The average Bonchev–Trinajstić information content (AvgIpc) is 3.95. The van der Waals surface area contributed by atoms with Crippen molar-refractivity contribution in [3.05, 3.63) is 129 Å². The molecule has 2 bridgehead atoms. The first kappa shape index (κ1) is 54.1. The summed E-state index contributed by atoms with van der Waals surface area (Å²) in [5, 5.41) is 25.7. The van der Waals surface area contributed by atoms with Crippen LogP contribution < -0.4 is 29.1 Å². The van der Waals surface area contributed by atoms with Crippen LogP contribution in [-0.4, -0.2) is 113 Å². The molecule has 4 N–H and O–H groups in total. The van der Waals surface area contributed by atoms with Gasteiger partial charge in [0.05, 0.1) is 47.4 Å². The average molecular weight is 1100 g/mol. The monoisotopic (exact) mass is 1100 g/mol. The van der Waals surface area contributed by atoms with E-state index in [2.05, 4.69) is 89.9 Å². The van der Waals surface area contributed by atoms with E-state index in [1.54, 1.807) is 33.1 Å². The van der Waals surface area contributed by atoms with Crippen LogP contribution in [0.25, 0.3) is 11.0 Å². The van der Waals surface area contributed by atoms with Crippen LogP contribution >= 0.6 is 0 Å². The number of carbonyl (C=O) groups excluding carboxylic acids is 1. The number of H-pyrrole nitrogens is 1. The summed E-state index contributed by atoms with van der Waals surface area (Å²) in [7, 11) is -3.05. The molecule has 6 heterocycles. The first-order chi connectivity index (χ1) is 37.9. The van der Waals surface area contributed by atoms with E-state index in [1.165, 1.54) is 28.8 Å². The fraction of sp³-hybridized carbons (Fsp3) is 0.475. The molecular formula is C59H70FN9O9S. The van der Waals surface area contributed by atoms with Crippen molar-refractivity contribution in [1.29, 1.82) is 0 Å². The molecule has 1 spiro atoms. The molecule has 11 rings (SSSR count). The number of benzene rings is 3. The van der Waals surface area contributed by atoms with Crippen molar-refractivity contribution in [2.45, 2.75) is 133 Å². The van der Waals surface area contributed by atoms with Gasteiger partial charge in [0.15, 0.2) is 5.75 Å². The van der Waals surface area contributed by atoms with Gasteiger partial charge in [-0.25, -0.2) is 22.5 Å². The zero-order chi connectivity index (χ0) is 55.4. The van der Waals surface area contributed by atoms with Crippen molar-refractivity contribution < 1.29 is 41.8 Å². The van der Waals surface area contributed by atoms with Gasteiger partial charge in [-0.05, 0) is 130 Å². The number of sulfonamides is 1. The number of aliphatic hydroxyl groups is 1. The maximum absolute atomic E-state index is 15.0. The minimum Gasteiger partial charge on any atom is -0.497 e. The minimum atomic E-state index is -4.75. The Morgan fingerprint density at radius 3 is 2.46 bits per heavy atom. The quantitative estimate of drug-likeness (QED) is 0.0465. The molecule has 3 saturated heterocycles. The third kappa shape index (κ3) is 11.0. The van der Waals surface area contributed by atoms with Crippen LogP contribution in [0.5, 0.6) is 23.1 Å². The zero-order valence-corrected chi connectivity index (χ0v) is 46.2. The molecule has 20 heteroatoms. The summed E-state index contributed by atoms with van der Waals surface area (Å²) in [4.78, 5) is 44.4. The fourth-order valence-electron chi connectivity index (χ4n) is 13.3. The summed E-state index contributed by atoms with van der Waals surface area (Å²) in [6.45, 7) is 12.1. The van der Waals surface area contributed by atoms with E-state index < -0.39 is 42.9 Å². The van der Waals surface area contributed by atoms with Gasteiger partial charge >= 0.3 is 5.69 Å². The number of ether oxygens (including phenoxy) is 3. The maximum Gasteiger partial charge on any atom is 0.312 e. The Kier molecular flexibility index (Phi) is 14.8. The molecule has 3 aliphatic heterocycles. The molecule has 0 unspecified atom stereocenters. The molecule has 2 aliphatic carbocycles. The summed E-state index contributed by atoms with van der Waals surface area (Å²) in [6.07, 6.45) is 10.0. The first-order valence-corrected chi connectivity index (χ1v) is 29.2. The number of piperazine rings is 1. The Labute approximate surface area is 460 Å². The number of halogens is 1. The van der Waals surface area contributed by atoms with Gasteiger partial charge in [0.1, 0.15) is 27.9 Å². The topological polar surface area (TPSA) is 218 Å². The van der Waals surface area contributed by atoms with Gasteiger partial charge in [0.25, 0.3) is 21.8 Å². The third-order valence-corrected chi connectivity index (χ3v) is 18.8. The van der Waals surface area contributed by atoms with E-state index >= 15 is 4.39 Å². The van der Waals surface area contributed by atoms with Gasteiger partial charge in [-0.3, -0.25) is 24.7 Å². The smallest absolute Gasteiger partial charge is 0.312 e. The van der Waals surface area contributed by atoms with Crippen LogP contribution in [0.2, 0.25) is 0 Å². The van der Waals surface area contributed by atoms with Crippen molar-refractivity contribution in [3.8, 4) is 23.1 Å². The van der Waals surface area contributed by atoms with Crippen LogP contribution in [-0.2, 0) is 16.6 Å². The summed E-state index contributed by atoms with van der Waals surface area (Å²) < 4.78 is 62.7. The number of amides is 1. The molecule has 3 aromatic carbocycles. The Morgan fingerprint density at radius 1 is 1.00 bits per heavy atom. The number of hydrogen-bond acceptors (Lipinski definition) is 15. The van der Waals surface area contributed by atoms with E-state index in [1.807, 2.05) is 12.1 Å². The lowest BCUT2D eigenvalue weighted by atomic mass is 9.59. The molecule has 2 saturated carbocycles. The molecule has 79 heavy (non-hydrogen) atoms. The maximum atomic E-state index is 15.0. The largest absolute Gasteiger partial charge is 0.497 e. The molecule has 3 aromatic heterocycles. The number of nitrogens with one attached hydrogen (secondary N) is 3. The van der Waals surface area contributed by atoms with Crippen LogP contribution in [0.4, 0.5) is 21.6 Å². The van der Waals surface area contributed by atoms with Crippen LogP contribution in [0, 0.1) is 27.3 Å². The second-order valence-corrected chi connectivity index (χ2v) is 24.7. The van der Waals surface area contributed by atoms with Gasteiger partial charge in [-0.15, -0.1) is 0 Å². The van der Waals surface area contributed by atoms with Crippen LogP contribution in [0.1, 0.15) is 124 Å². The van der Waals surface area contributed by atoms with Crippen molar-refractivity contribution in [1.82, 2.24) is 29.5 Å². The van der Waals surface area contributed by atoms with E-state index in [0.717, 1.165) is 88.2 Å². The van der Waals surface area contributed by atoms with Crippen molar-refractivity contribution in [3.63, 3.8) is 0 Å². The molecule has 6 aromatic rings. The number of methoxy groups -OCH3 is 1. The Morgan fingerprint density at radius 2 is 1.75 bits per heavy atom. The number of aromatic nitrogens is 3. The summed E-state index contributed by atoms with van der Waals surface area (Å²) in [5.41, 5.74) is 3.77. The predicted octanol–water partition coefficient (Wildman–Crippen LogP) is 10.2. The number of likely N-dealkylation sites (tertiary alicyclic amines) is 2. The van der Waals surface area contributed by atoms with E-state index in [-0.39, 0.29) is 57.7 Å². The molecule has 5 fully saturated rings. The van der Waals surface area contributed by atoms with E-state index in [4.69, 9.17) is 14.2 Å². The number of hydrogen-bond donors (Lipinski definition) is 4. The number of pyridine rings is 2. The first-order valence-electron chi connectivity index (χ1n) is 27.7. The second kappa shape index (κ2) is 21.6. The lowest BCUT2D eigenvalue weighted by Crippen LogP contribution is -2.60. The van der Waals surface area contributed by atoms with Gasteiger partial charge in [-0.2, -0.15) is 4.98 Å². The number of nitrogens with zero attached hydrogens (tertiary/aromatic N) is 6. The Bertz CT molecular complexity index is 3350. The van der Waals surface area contributed by atoms with Gasteiger partial charge in [-0.1, -0.05) is 50.2 Å². The highest BCUT2D eigenvalue weighted by Crippen LogP contribution is 2.58. The van der Waals surface area contributed by atoms with Crippen molar-refractivity contribution in [2.75, 3.05) is 50.1 Å². The second-order valence-electron chi connectivity index (χ2n) is 23.1. The summed E-state index contributed by atoms with van der Waals surface area (Å²) >= 11 is 0. The van der Waals surface area contributed by atoms with Crippen LogP contribution in [0.3, 0.4) is 0 Å². The Balaban J connectivity index is 0.816. The highest BCUT2D eigenvalue weighted by atomic mass is 32.2. The standard InChI is InChI=1S/C59H70FN9O9S/c1-6-77-57-52(28-47-48(60)33-63-54(47)64-57)78-51-26-39(13-16-46(51)56(70)65-79(74,75)43-27-50(69(72)73)55(62-32-43)61-31-37-17-19-58(4,71)20-18-37)66-23-21-59(22-24-66)29-41(30-59)68-40-25-49(53(68)45-10-8-7-9-44(45)36(2)3)67(35-40)34-38-11-14-42(76-5)15-12-38/h7-16,26-28,32-33,36-37,40-41,49,53,71H,6,17-25,29-31,34-35H2,1-5H3,(H,61,62)(H,63,64)(H,65,70)/t37?,40-,49-,53-,58?/m1/s1. The normalized spacial score (nSPS) is 23.3. The highest BCUT2D eigenvalue weighted by molar-refractivity contribution is 7.90. The molecular weight excluding hydrogens is 1030 g/mol. The number of aromatic amines is 1. The van der Waals surface area contributed by atoms with E-state index in [0.29, 0.717) is 62.3 Å². The molecule has 5 aliphatic rings. The molecule has 418 valence electrons. The summed E-state index contributed by atoms with van der Waals surface area (Å²) in [6, 6.07) is 26.3. The van der Waals surface area contributed by atoms with Gasteiger partial charge in [0.2, 0.25) is 5.82 Å². The van der Waals surface area contributed by atoms with Crippen molar-refractivity contribution >= 4 is 44.2 Å². The van der Waals surface area contributed by atoms with Gasteiger partial charge < -0.3 is 34.5 Å². The lowest BCUT2D eigenvalue weighted by molar-refractivity contribution is -0.384. The van der Waals surface area contributed by atoms with Crippen LogP contribution in [0.15, 0.2) is 96.2 Å². The SMILES string of the molecule is CCOc1nc2[nH]cc(F)c2cc1Oc1cc(N2CCC3(CC2)CC(N2[C@@H]4C[C@H]([C@H]2c2ccccc2C(C)C)N(Cc2ccc(OC)cc2)C4)C3)ccc1C(=O)NS(=O)(=O)c1cnc(NCC2CCC(C)(O)CC2)c([N+](=O)[O-])c1. The third-order valence-electron chi connectivity index (χ3n) is 17.5. The van der Waals surface area contributed by atoms with Gasteiger partial charge in [0, 0.05) is 80.9 Å². The minimum absolute atomic E-state index is 0.00433. The zero-order valence-electron chi connectivity index (χ0n) is 45.4. The number of nitro groups is 1. The number of piperidine rings is 1. The van der Waals surface area contributed by atoms with E-state index in [9.17, 15) is 28.4 Å². The fourth-order valence-corrected chi connectivity index (χ4v) is 14.2. The molecule has 18 nitrogen and oxygen atoms in total.